The summed E-state index contributed by atoms with van der Waals surface area (Å²) in [4.78, 5) is 17.5. The van der Waals surface area contributed by atoms with Crippen LogP contribution in [0, 0.1) is 17.0 Å². The molecule has 0 amide bonds. The number of alkyl halides is 3. The van der Waals surface area contributed by atoms with Gasteiger partial charge in [-0.3, -0.25) is 14.9 Å². The molecular formula is C26H24F5N5O. The highest BCUT2D eigenvalue weighted by atomic mass is 19.4. The van der Waals surface area contributed by atoms with Gasteiger partial charge in [-0.25, -0.2) is 8.78 Å². The molecule has 5 rings (SSSR count). The molecule has 4 heterocycles. The number of nitrogens with zero attached hydrogens (tertiary/aromatic N) is 5. The Kier molecular flexibility index (Phi) is 6.57. The normalized spacial score (nSPS) is 17.5. The molecule has 0 aliphatic carbocycles. The first-order chi connectivity index (χ1) is 17.7. The van der Waals surface area contributed by atoms with E-state index in [4.69, 9.17) is 4.84 Å². The molecule has 0 unspecified atom stereocenters. The minimum Gasteiger partial charge on any atom is -0.396 e. The van der Waals surface area contributed by atoms with E-state index in [0.717, 1.165) is 43.0 Å². The zero-order valence-corrected chi connectivity index (χ0v) is 20.0. The van der Waals surface area contributed by atoms with E-state index < -0.39 is 23.4 Å². The van der Waals surface area contributed by atoms with Crippen molar-refractivity contribution in [2.24, 2.45) is 10.6 Å². The van der Waals surface area contributed by atoms with Gasteiger partial charge in [0.2, 0.25) is 0 Å². The second kappa shape index (κ2) is 9.70. The van der Waals surface area contributed by atoms with Crippen molar-refractivity contribution in [3.63, 3.8) is 0 Å². The zero-order chi connectivity index (χ0) is 26.2. The summed E-state index contributed by atoms with van der Waals surface area (Å²) in [7, 11) is 0. The fraction of sp³-hybridized carbons (Fsp3) is 0.346. The molecule has 3 aromatic rings. The molecule has 6 nitrogen and oxygen atoms in total. The molecule has 11 heteroatoms. The lowest BCUT2D eigenvalue weighted by atomic mass is 9.72. The summed E-state index contributed by atoms with van der Waals surface area (Å²) in [6, 6.07) is 8.31. The van der Waals surface area contributed by atoms with Crippen LogP contribution in [0.4, 0.5) is 27.6 Å². The minimum absolute atomic E-state index is 0.0750. The van der Waals surface area contributed by atoms with E-state index in [9.17, 15) is 22.0 Å². The molecule has 0 atom stereocenters. The Labute approximate surface area is 210 Å². The largest absolute Gasteiger partial charge is 0.417 e. The summed E-state index contributed by atoms with van der Waals surface area (Å²) in [5, 5.41) is 4.04. The average Bonchev–Trinajstić information content (AvgIpc) is 2.82. The van der Waals surface area contributed by atoms with Gasteiger partial charge in [0.15, 0.2) is 11.6 Å². The van der Waals surface area contributed by atoms with Gasteiger partial charge < -0.3 is 9.74 Å². The van der Waals surface area contributed by atoms with E-state index >= 15 is 0 Å². The molecule has 2 aliphatic rings. The monoisotopic (exact) mass is 517 g/mol. The Morgan fingerprint density at radius 1 is 1.00 bits per heavy atom. The molecule has 2 aliphatic heterocycles. The van der Waals surface area contributed by atoms with E-state index in [0.29, 0.717) is 48.9 Å². The molecule has 0 bridgehead atoms. The van der Waals surface area contributed by atoms with Crippen LogP contribution in [0.25, 0.3) is 0 Å². The number of hydrogen-bond acceptors (Lipinski definition) is 6. The SMILES string of the molecule is CCO/N=C(\c1ccc(F)c(F)c1)c1ccc(CN2CC3(C2)CN(c2cncc(C(F)(F)F)c2)C3)cn1. The first-order valence-corrected chi connectivity index (χ1v) is 11.8. The van der Waals surface area contributed by atoms with Crippen molar-refractivity contribution in [1.29, 1.82) is 0 Å². The van der Waals surface area contributed by atoms with Crippen LogP contribution in [0.5, 0.6) is 0 Å². The average molecular weight is 518 g/mol. The third-order valence-electron chi connectivity index (χ3n) is 6.54. The number of pyridine rings is 2. The number of rotatable bonds is 7. The number of hydrogen-bond donors (Lipinski definition) is 0. The third kappa shape index (κ3) is 5.27. The summed E-state index contributed by atoms with van der Waals surface area (Å²) >= 11 is 0. The smallest absolute Gasteiger partial charge is 0.396 e. The molecule has 0 saturated carbocycles. The number of oxime groups is 1. The first kappa shape index (κ1) is 25.1. The molecule has 2 aromatic heterocycles. The molecule has 1 spiro atoms. The molecule has 194 valence electrons. The number of halogens is 5. The maximum Gasteiger partial charge on any atom is 0.417 e. The van der Waals surface area contributed by atoms with Crippen LogP contribution < -0.4 is 4.90 Å². The van der Waals surface area contributed by atoms with Gasteiger partial charge in [-0.05, 0) is 42.8 Å². The lowest BCUT2D eigenvalue weighted by molar-refractivity contribution is -0.137. The van der Waals surface area contributed by atoms with Crippen molar-refractivity contribution in [3.05, 3.63) is 89.0 Å². The molecule has 1 aromatic carbocycles. The number of anilines is 1. The van der Waals surface area contributed by atoms with Crippen LogP contribution in [0.1, 0.15) is 29.3 Å². The Morgan fingerprint density at radius 3 is 2.43 bits per heavy atom. The fourth-order valence-corrected chi connectivity index (χ4v) is 4.85. The molecule has 37 heavy (non-hydrogen) atoms. The van der Waals surface area contributed by atoms with E-state index in [1.165, 1.54) is 12.3 Å². The van der Waals surface area contributed by atoms with Crippen LogP contribution in [0.3, 0.4) is 0 Å². The molecule has 0 N–H and O–H groups in total. The highest BCUT2D eigenvalue weighted by molar-refractivity contribution is 6.11. The van der Waals surface area contributed by atoms with Gasteiger partial charge in [0.1, 0.15) is 12.3 Å². The standard InChI is InChI=1S/C26H24F5N5O/c1-2-37-34-24(18-4-5-21(27)22(28)7-18)23-6-3-17(9-33-23)12-35-13-25(14-35)15-36(16-25)20-8-19(10-32-11-20)26(29,30)31/h3-11H,2,12-16H2,1H3/b34-24+. The Balaban J connectivity index is 1.18. The topological polar surface area (TPSA) is 53.9 Å². The van der Waals surface area contributed by atoms with Crippen LogP contribution in [0.2, 0.25) is 0 Å². The zero-order valence-electron chi connectivity index (χ0n) is 20.0. The van der Waals surface area contributed by atoms with Crippen molar-refractivity contribution < 1.29 is 26.8 Å². The third-order valence-corrected chi connectivity index (χ3v) is 6.54. The van der Waals surface area contributed by atoms with E-state index in [2.05, 4.69) is 20.0 Å². The van der Waals surface area contributed by atoms with Crippen molar-refractivity contribution in [1.82, 2.24) is 14.9 Å². The predicted octanol–water partition coefficient (Wildman–Crippen LogP) is 4.88. The van der Waals surface area contributed by atoms with Gasteiger partial charge in [-0.1, -0.05) is 11.2 Å². The lowest BCUT2D eigenvalue weighted by Gasteiger charge is -2.61. The van der Waals surface area contributed by atoms with Crippen LogP contribution in [0.15, 0.2) is 60.1 Å². The molecule has 2 fully saturated rings. The second-order valence-electron chi connectivity index (χ2n) is 9.47. The summed E-state index contributed by atoms with van der Waals surface area (Å²) in [5.41, 5.74) is 1.91. The fourth-order valence-electron chi connectivity index (χ4n) is 4.85. The van der Waals surface area contributed by atoms with E-state index in [1.807, 2.05) is 11.0 Å². The summed E-state index contributed by atoms with van der Waals surface area (Å²) in [6.45, 7) is 5.80. The maximum atomic E-state index is 13.8. The number of aromatic nitrogens is 2. The molecule has 0 radical (unpaired) electrons. The van der Waals surface area contributed by atoms with Crippen LogP contribution in [-0.4, -0.2) is 53.4 Å². The Hall–Kier alpha value is -3.60. The first-order valence-electron chi connectivity index (χ1n) is 11.8. The summed E-state index contributed by atoms with van der Waals surface area (Å²) < 4.78 is 66.0. The van der Waals surface area contributed by atoms with Crippen molar-refractivity contribution >= 4 is 11.4 Å². The highest BCUT2D eigenvalue weighted by Gasteiger charge is 2.51. The quantitative estimate of drug-likeness (QED) is 0.254. The highest BCUT2D eigenvalue weighted by Crippen LogP contribution is 2.43. The van der Waals surface area contributed by atoms with Crippen molar-refractivity contribution in [2.45, 2.75) is 19.6 Å². The summed E-state index contributed by atoms with van der Waals surface area (Å²) in [5.74, 6) is -1.93. The Morgan fingerprint density at radius 2 is 1.78 bits per heavy atom. The van der Waals surface area contributed by atoms with Gasteiger partial charge >= 0.3 is 6.18 Å². The maximum absolute atomic E-state index is 13.8. The second-order valence-corrected chi connectivity index (χ2v) is 9.47. The van der Waals surface area contributed by atoms with Crippen LogP contribution in [-0.2, 0) is 17.6 Å². The van der Waals surface area contributed by atoms with E-state index in [1.54, 1.807) is 19.2 Å². The minimum atomic E-state index is -4.41. The molecule has 2 saturated heterocycles. The van der Waals surface area contributed by atoms with Gasteiger partial charge in [-0.2, -0.15) is 13.2 Å². The summed E-state index contributed by atoms with van der Waals surface area (Å²) in [6.07, 6.45) is -0.390. The van der Waals surface area contributed by atoms with E-state index in [-0.39, 0.29) is 5.41 Å². The van der Waals surface area contributed by atoms with Crippen molar-refractivity contribution in [2.75, 3.05) is 37.7 Å². The van der Waals surface area contributed by atoms with Gasteiger partial charge in [0, 0.05) is 56.1 Å². The Bertz CT molecular complexity index is 1300. The number of benzene rings is 1. The van der Waals surface area contributed by atoms with Crippen molar-refractivity contribution in [3.8, 4) is 0 Å². The van der Waals surface area contributed by atoms with Crippen LogP contribution >= 0.6 is 0 Å². The lowest BCUT2D eigenvalue weighted by Crippen LogP contribution is -2.72. The molecular weight excluding hydrogens is 493 g/mol. The predicted molar refractivity (Wildman–Crippen MR) is 127 cm³/mol. The van der Waals surface area contributed by atoms with Gasteiger partial charge in [0.05, 0.1) is 23.1 Å². The van der Waals surface area contributed by atoms with Gasteiger partial charge in [0.25, 0.3) is 0 Å². The number of likely N-dealkylation sites (tertiary alicyclic amines) is 1. The van der Waals surface area contributed by atoms with Gasteiger partial charge in [-0.15, -0.1) is 0 Å².